The lowest BCUT2D eigenvalue weighted by molar-refractivity contribution is 0.434. The summed E-state index contributed by atoms with van der Waals surface area (Å²) < 4.78 is 1.65. The van der Waals surface area contributed by atoms with E-state index in [1.54, 1.807) is 10.9 Å². The summed E-state index contributed by atoms with van der Waals surface area (Å²) in [6.07, 6.45) is 5.90. The van der Waals surface area contributed by atoms with E-state index < -0.39 is 0 Å². The summed E-state index contributed by atoms with van der Waals surface area (Å²) in [4.78, 5) is 15.6. The van der Waals surface area contributed by atoms with Crippen molar-refractivity contribution in [2.24, 2.45) is 5.92 Å². The summed E-state index contributed by atoms with van der Waals surface area (Å²) in [7, 11) is 1.81. The number of nitrogens with zero attached hydrogens (tertiary/aromatic N) is 6. The van der Waals surface area contributed by atoms with Crippen LogP contribution in [0.15, 0.2) is 18.5 Å². The van der Waals surface area contributed by atoms with E-state index >= 15 is 0 Å². The molecule has 1 saturated heterocycles. The van der Waals surface area contributed by atoms with Crippen molar-refractivity contribution in [2.75, 3.05) is 30.4 Å². The summed E-state index contributed by atoms with van der Waals surface area (Å²) in [6, 6.07) is 1.85. The van der Waals surface area contributed by atoms with Crippen LogP contribution >= 0.6 is 0 Å². The van der Waals surface area contributed by atoms with Crippen molar-refractivity contribution >= 4 is 11.9 Å². The maximum absolute atomic E-state index is 4.54. The quantitative estimate of drug-likeness (QED) is 0.909. The Hall–Kier alpha value is -2.18. The minimum absolute atomic E-state index is 0.544. The molecule has 2 aromatic rings. The summed E-state index contributed by atoms with van der Waals surface area (Å²) >= 11 is 0. The van der Waals surface area contributed by atoms with E-state index in [9.17, 15) is 0 Å². The van der Waals surface area contributed by atoms with E-state index in [4.69, 9.17) is 0 Å². The molecule has 0 saturated carbocycles. The van der Waals surface area contributed by atoms with Crippen molar-refractivity contribution in [1.82, 2.24) is 24.7 Å². The van der Waals surface area contributed by atoms with Gasteiger partial charge in [0.15, 0.2) is 0 Å². The first kappa shape index (κ1) is 12.8. The van der Waals surface area contributed by atoms with Crippen LogP contribution in [-0.2, 0) is 0 Å². The van der Waals surface area contributed by atoms with E-state index in [1.165, 1.54) is 12.8 Å². The zero-order valence-electron chi connectivity index (χ0n) is 11.8. The van der Waals surface area contributed by atoms with Crippen molar-refractivity contribution in [3.8, 4) is 5.95 Å². The molecule has 0 aliphatic carbocycles. The number of aromatic nitrogens is 5. The zero-order valence-corrected chi connectivity index (χ0v) is 11.8. The van der Waals surface area contributed by atoms with Gasteiger partial charge in [-0.05, 0) is 24.8 Å². The zero-order chi connectivity index (χ0) is 13.9. The molecule has 0 radical (unpaired) electrons. The fraction of sp³-hybridized carbons (Fsp3) is 0.538. The summed E-state index contributed by atoms with van der Waals surface area (Å²) in [5.74, 6) is 2.62. The van der Waals surface area contributed by atoms with E-state index in [1.807, 2.05) is 19.3 Å². The summed E-state index contributed by atoms with van der Waals surface area (Å²) in [5, 5.41) is 7.17. The van der Waals surface area contributed by atoms with Crippen LogP contribution in [0.2, 0.25) is 0 Å². The van der Waals surface area contributed by atoms with Crippen LogP contribution in [0.1, 0.15) is 19.8 Å². The van der Waals surface area contributed by atoms with Gasteiger partial charge in [-0.3, -0.25) is 0 Å². The van der Waals surface area contributed by atoms with Gasteiger partial charge in [0.05, 0.1) is 0 Å². The molecule has 20 heavy (non-hydrogen) atoms. The minimum atomic E-state index is 0.544. The molecule has 1 N–H and O–H groups in total. The Morgan fingerprint density at radius 3 is 2.55 bits per heavy atom. The Kier molecular flexibility index (Phi) is 3.49. The van der Waals surface area contributed by atoms with Crippen LogP contribution in [0.25, 0.3) is 5.95 Å². The molecule has 1 aliphatic rings. The maximum Gasteiger partial charge on any atom is 0.257 e. The van der Waals surface area contributed by atoms with Gasteiger partial charge >= 0.3 is 0 Å². The predicted molar refractivity (Wildman–Crippen MR) is 77.1 cm³/mol. The second-order valence-electron chi connectivity index (χ2n) is 5.13. The van der Waals surface area contributed by atoms with Crippen LogP contribution in [0.5, 0.6) is 0 Å². The topological polar surface area (TPSA) is 71.8 Å². The monoisotopic (exact) mass is 273 g/mol. The first-order chi connectivity index (χ1) is 9.76. The Bertz CT molecular complexity index is 558. The van der Waals surface area contributed by atoms with Crippen LogP contribution in [0, 0.1) is 5.92 Å². The number of hydrogen-bond donors (Lipinski definition) is 1. The molecule has 0 bridgehead atoms. The van der Waals surface area contributed by atoms with Crippen molar-refractivity contribution in [3.05, 3.63) is 18.5 Å². The van der Waals surface area contributed by atoms with Gasteiger partial charge in [-0.1, -0.05) is 6.92 Å². The molecule has 1 fully saturated rings. The first-order valence-electron chi connectivity index (χ1n) is 6.95. The average molecular weight is 273 g/mol. The molecule has 3 heterocycles. The molecule has 0 amide bonds. The molecule has 7 heteroatoms. The molecule has 3 rings (SSSR count). The van der Waals surface area contributed by atoms with Gasteiger partial charge in [0.25, 0.3) is 5.95 Å². The molecule has 0 atom stereocenters. The minimum Gasteiger partial charge on any atom is -0.357 e. The van der Waals surface area contributed by atoms with Crippen molar-refractivity contribution < 1.29 is 0 Å². The van der Waals surface area contributed by atoms with Gasteiger partial charge < -0.3 is 10.2 Å². The van der Waals surface area contributed by atoms with Gasteiger partial charge in [0.1, 0.15) is 0 Å². The van der Waals surface area contributed by atoms with E-state index in [2.05, 4.69) is 37.2 Å². The maximum atomic E-state index is 4.54. The Labute approximate surface area is 118 Å². The third-order valence-electron chi connectivity index (χ3n) is 3.61. The number of piperidine rings is 1. The van der Waals surface area contributed by atoms with Crippen molar-refractivity contribution in [1.29, 1.82) is 0 Å². The van der Waals surface area contributed by atoms with Gasteiger partial charge in [-0.15, -0.1) is 0 Å². The van der Waals surface area contributed by atoms with E-state index in [0.29, 0.717) is 11.9 Å². The molecule has 0 spiro atoms. The fourth-order valence-corrected chi connectivity index (χ4v) is 2.31. The van der Waals surface area contributed by atoms with E-state index in [0.717, 1.165) is 25.0 Å². The van der Waals surface area contributed by atoms with Gasteiger partial charge in [-0.25, -0.2) is 4.68 Å². The number of rotatable bonds is 3. The Morgan fingerprint density at radius 2 is 1.90 bits per heavy atom. The predicted octanol–water partition coefficient (Wildman–Crippen LogP) is 1.34. The molecule has 7 nitrogen and oxygen atoms in total. The molecule has 0 aromatic carbocycles. The highest BCUT2D eigenvalue weighted by Gasteiger charge is 2.19. The van der Waals surface area contributed by atoms with Crippen LogP contribution in [-0.4, -0.2) is 44.9 Å². The summed E-state index contributed by atoms with van der Waals surface area (Å²) in [5.41, 5.74) is 0. The summed E-state index contributed by atoms with van der Waals surface area (Å²) in [6.45, 7) is 4.28. The smallest absolute Gasteiger partial charge is 0.257 e. The largest absolute Gasteiger partial charge is 0.357 e. The molecule has 0 unspecified atom stereocenters. The lowest BCUT2D eigenvalue weighted by atomic mass is 10.00. The van der Waals surface area contributed by atoms with Gasteiger partial charge in [-0.2, -0.15) is 20.1 Å². The van der Waals surface area contributed by atoms with Crippen LogP contribution in [0.3, 0.4) is 0 Å². The highest BCUT2D eigenvalue weighted by atomic mass is 15.4. The van der Waals surface area contributed by atoms with Gasteiger partial charge in [0, 0.05) is 32.5 Å². The van der Waals surface area contributed by atoms with Crippen molar-refractivity contribution in [2.45, 2.75) is 19.8 Å². The second kappa shape index (κ2) is 5.44. The average Bonchev–Trinajstić information content (AvgIpc) is 3.02. The fourth-order valence-electron chi connectivity index (χ4n) is 2.31. The highest BCUT2D eigenvalue weighted by molar-refractivity contribution is 5.40. The SMILES string of the molecule is CNc1nc(N2CCC(C)CC2)nc(-n2cccn2)n1. The second-order valence-corrected chi connectivity index (χ2v) is 5.13. The molecule has 2 aromatic heterocycles. The molecule has 106 valence electrons. The highest BCUT2D eigenvalue weighted by Crippen LogP contribution is 2.21. The Balaban J connectivity index is 1.92. The molecular formula is C13H19N7. The lowest BCUT2D eigenvalue weighted by Crippen LogP contribution is -2.34. The van der Waals surface area contributed by atoms with Crippen molar-refractivity contribution in [3.63, 3.8) is 0 Å². The standard InChI is InChI=1S/C13H19N7/c1-10-4-8-19(9-5-10)12-16-11(14-2)17-13(18-12)20-7-3-6-15-20/h3,6-7,10H,4-5,8-9H2,1-2H3,(H,14,16,17,18). The third-order valence-corrected chi connectivity index (χ3v) is 3.61. The molecular weight excluding hydrogens is 254 g/mol. The molecule has 1 aliphatic heterocycles. The van der Waals surface area contributed by atoms with Crippen LogP contribution in [0.4, 0.5) is 11.9 Å². The Morgan fingerprint density at radius 1 is 1.15 bits per heavy atom. The number of hydrogen-bond acceptors (Lipinski definition) is 6. The third kappa shape index (κ3) is 2.56. The lowest BCUT2D eigenvalue weighted by Gasteiger charge is -2.30. The van der Waals surface area contributed by atoms with Gasteiger partial charge in [0.2, 0.25) is 11.9 Å². The van der Waals surface area contributed by atoms with E-state index in [-0.39, 0.29) is 0 Å². The number of nitrogens with one attached hydrogen (secondary N) is 1. The number of anilines is 2. The normalized spacial score (nSPS) is 16.4. The first-order valence-corrected chi connectivity index (χ1v) is 6.95. The van der Waals surface area contributed by atoms with Crippen LogP contribution < -0.4 is 10.2 Å².